The van der Waals surface area contributed by atoms with Crippen LogP contribution in [0.3, 0.4) is 0 Å². The predicted molar refractivity (Wildman–Crippen MR) is 86.5 cm³/mol. The van der Waals surface area contributed by atoms with Crippen LogP contribution in [-0.2, 0) is 4.79 Å². The van der Waals surface area contributed by atoms with E-state index in [-0.39, 0.29) is 18.4 Å². The van der Waals surface area contributed by atoms with Crippen molar-refractivity contribution < 1.29 is 14.7 Å². The third kappa shape index (κ3) is 3.46. The van der Waals surface area contributed by atoms with Gasteiger partial charge in [0.25, 0.3) is 5.91 Å². The van der Waals surface area contributed by atoms with Crippen molar-refractivity contribution in [1.82, 2.24) is 9.88 Å². The van der Waals surface area contributed by atoms with Gasteiger partial charge < -0.3 is 14.9 Å². The topological polar surface area (TPSA) is 73.7 Å². The summed E-state index contributed by atoms with van der Waals surface area (Å²) >= 11 is 0. The summed E-state index contributed by atoms with van der Waals surface area (Å²) in [5.74, 6) is -1.28. The van der Waals surface area contributed by atoms with Crippen LogP contribution in [0.25, 0.3) is 0 Å². The number of carboxylic acids is 1. The first-order chi connectivity index (χ1) is 11.0. The van der Waals surface area contributed by atoms with Crippen LogP contribution >= 0.6 is 0 Å². The van der Waals surface area contributed by atoms with Crippen molar-refractivity contribution >= 4 is 17.6 Å². The van der Waals surface area contributed by atoms with Gasteiger partial charge >= 0.3 is 5.97 Å². The third-order valence-corrected chi connectivity index (χ3v) is 4.73. The van der Waals surface area contributed by atoms with Crippen LogP contribution in [0.1, 0.15) is 36.7 Å². The van der Waals surface area contributed by atoms with Crippen molar-refractivity contribution in [3.05, 3.63) is 24.0 Å². The molecule has 2 atom stereocenters. The van der Waals surface area contributed by atoms with Gasteiger partial charge in [0, 0.05) is 38.1 Å². The van der Waals surface area contributed by atoms with Crippen molar-refractivity contribution in [2.45, 2.75) is 26.2 Å². The van der Waals surface area contributed by atoms with E-state index < -0.39 is 11.9 Å². The van der Waals surface area contributed by atoms with Gasteiger partial charge in [0.15, 0.2) is 0 Å². The highest BCUT2D eigenvalue weighted by Gasteiger charge is 2.32. The number of nitrogens with zero attached hydrogens (tertiary/aromatic N) is 3. The number of rotatable bonds is 3. The summed E-state index contributed by atoms with van der Waals surface area (Å²) in [4.78, 5) is 32.1. The van der Waals surface area contributed by atoms with Crippen molar-refractivity contribution in [3.63, 3.8) is 0 Å². The second-order valence-electron chi connectivity index (χ2n) is 6.68. The quantitative estimate of drug-likeness (QED) is 0.921. The highest BCUT2D eigenvalue weighted by molar-refractivity contribution is 5.93. The maximum atomic E-state index is 12.7. The first-order valence-electron chi connectivity index (χ1n) is 8.27. The molecule has 0 saturated carbocycles. The Morgan fingerprint density at radius 3 is 2.70 bits per heavy atom. The molecule has 2 aliphatic heterocycles. The van der Waals surface area contributed by atoms with E-state index in [1.54, 1.807) is 11.1 Å². The summed E-state index contributed by atoms with van der Waals surface area (Å²) in [6.45, 7) is 4.88. The molecule has 0 aliphatic carbocycles. The lowest BCUT2D eigenvalue weighted by Crippen LogP contribution is -2.45. The van der Waals surface area contributed by atoms with Crippen molar-refractivity contribution in [3.8, 4) is 0 Å². The highest BCUT2D eigenvalue weighted by Crippen LogP contribution is 2.25. The van der Waals surface area contributed by atoms with Crippen molar-refractivity contribution in [2.24, 2.45) is 11.8 Å². The number of likely N-dealkylation sites (tertiary alicyclic amines) is 1. The first-order valence-corrected chi connectivity index (χ1v) is 8.27. The van der Waals surface area contributed by atoms with E-state index in [0.717, 1.165) is 18.8 Å². The number of hydrogen-bond acceptors (Lipinski definition) is 4. The van der Waals surface area contributed by atoms with Gasteiger partial charge in [-0.3, -0.25) is 14.6 Å². The molecule has 2 saturated heterocycles. The number of carbonyl (C=O) groups excluding carboxylic acids is 1. The molecular weight excluding hydrogens is 294 g/mol. The molecule has 1 amide bonds. The summed E-state index contributed by atoms with van der Waals surface area (Å²) in [7, 11) is 0. The Hall–Kier alpha value is -2.11. The normalized spacial score (nSPS) is 24.7. The largest absolute Gasteiger partial charge is 0.481 e. The monoisotopic (exact) mass is 317 g/mol. The Kier molecular flexibility index (Phi) is 4.50. The summed E-state index contributed by atoms with van der Waals surface area (Å²) in [5.41, 5.74) is 1.44. The second-order valence-corrected chi connectivity index (χ2v) is 6.68. The fraction of sp³-hybridized carbons (Fsp3) is 0.588. The molecule has 2 aliphatic rings. The number of amides is 1. The van der Waals surface area contributed by atoms with Gasteiger partial charge in [-0.05, 0) is 37.3 Å². The van der Waals surface area contributed by atoms with E-state index in [4.69, 9.17) is 0 Å². The van der Waals surface area contributed by atoms with Crippen molar-refractivity contribution in [1.29, 1.82) is 0 Å². The summed E-state index contributed by atoms with van der Waals surface area (Å²) in [5, 5.41) is 9.25. The van der Waals surface area contributed by atoms with E-state index in [1.807, 2.05) is 19.1 Å². The average molecular weight is 317 g/mol. The van der Waals surface area contributed by atoms with Gasteiger partial charge in [0.2, 0.25) is 0 Å². The van der Waals surface area contributed by atoms with Crippen LogP contribution in [0.5, 0.6) is 0 Å². The van der Waals surface area contributed by atoms with Gasteiger partial charge in [0.1, 0.15) is 5.69 Å². The zero-order chi connectivity index (χ0) is 16.4. The van der Waals surface area contributed by atoms with E-state index in [1.165, 1.54) is 12.8 Å². The highest BCUT2D eigenvalue weighted by atomic mass is 16.4. The smallest absolute Gasteiger partial charge is 0.308 e. The lowest BCUT2D eigenvalue weighted by molar-refractivity contribution is -0.143. The maximum Gasteiger partial charge on any atom is 0.308 e. The molecule has 1 aromatic heterocycles. The second kappa shape index (κ2) is 6.56. The fourth-order valence-electron chi connectivity index (χ4n) is 3.57. The average Bonchev–Trinajstić information content (AvgIpc) is 3.08. The summed E-state index contributed by atoms with van der Waals surface area (Å²) in [6.07, 6.45) is 4.65. The lowest BCUT2D eigenvalue weighted by Gasteiger charge is -2.34. The summed E-state index contributed by atoms with van der Waals surface area (Å²) in [6, 6.07) is 3.77. The molecule has 3 rings (SSSR count). The van der Waals surface area contributed by atoms with E-state index in [2.05, 4.69) is 9.88 Å². The SMILES string of the molecule is CC1CC(C(=O)O)CN(C(=O)c2cc(N3CCCC3)ccn2)C1. The first kappa shape index (κ1) is 15.8. The molecule has 0 aromatic carbocycles. The molecule has 2 unspecified atom stereocenters. The van der Waals surface area contributed by atoms with Crippen LogP contribution < -0.4 is 4.90 Å². The van der Waals surface area contributed by atoms with Gasteiger partial charge in [0.05, 0.1) is 5.92 Å². The molecule has 0 radical (unpaired) electrons. The van der Waals surface area contributed by atoms with E-state index in [9.17, 15) is 14.7 Å². The standard InChI is InChI=1S/C17H23N3O3/c1-12-8-13(17(22)23)11-20(10-12)16(21)15-9-14(4-5-18-15)19-6-2-3-7-19/h4-5,9,12-13H,2-3,6-8,10-11H2,1H3,(H,22,23). The predicted octanol–water partition coefficient (Wildman–Crippen LogP) is 1.86. The number of pyridine rings is 1. The zero-order valence-corrected chi connectivity index (χ0v) is 13.4. The van der Waals surface area contributed by atoms with Crippen LogP contribution in [-0.4, -0.2) is 53.0 Å². The molecule has 2 fully saturated rings. The molecule has 23 heavy (non-hydrogen) atoms. The minimum Gasteiger partial charge on any atom is -0.481 e. The maximum absolute atomic E-state index is 12.7. The summed E-state index contributed by atoms with van der Waals surface area (Å²) < 4.78 is 0. The Morgan fingerprint density at radius 2 is 2.00 bits per heavy atom. The van der Waals surface area contributed by atoms with Gasteiger partial charge in [-0.1, -0.05) is 6.92 Å². The number of piperidine rings is 1. The molecule has 6 heteroatoms. The number of carboxylic acid groups (broad SMARTS) is 1. The molecule has 1 N–H and O–H groups in total. The Labute approximate surface area is 136 Å². The third-order valence-electron chi connectivity index (χ3n) is 4.73. The molecule has 6 nitrogen and oxygen atoms in total. The Balaban J connectivity index is 1.76. The van der Waals surface area contributed by atoms with Crippen LogP contribution in [0, 0.1) is 11.8 Å². The number of hydrogen-bond donors (Lipinski definition) is 1. The number of aromatic nitrogens is 1. The molecule has 3 heterocycles. The van der Waals surface area contributed by atoms with Gasteiger partial charge in [-0.25, -0.2) is 0 Å². The van der Waals surface area contributed by atoms with E-state index in [0.29, 0.717) is 18.7 Å². The number of carbonyl (C=O) groups is 2. The van der Waals surface area contributed by atoms with E-state index >= 15 is 0 Å². The minimum atomic E-state index is -0.826. The Bertz CT molecular complexity index is 599. The van der Waals surface area contributed by atoms with Crippen LogP contribution in [0.15, 0.2) is 18.3 Å². The van der Waals surface area contributed by atoms with Crippen LogP contribution in [0.2, 0.25) is 0 Å². The molecule has 0 spiro atoms. The molecular formula is C17H23N3O3. The van der Waals surface area contributed by atoms with Gasteiger partial charge in [-0.15, -0.1) is 0 Å². The van der Waals surface area contributed by atoms with Crippen LogP contribution in [0.4, 0.5) is 5.69 Å². The fourth-order valence-corrected chi connectivity index (χ4v) is 3.57. The minimum absolute atomic E-state index is 0.163. The number of anilines is 1. The lowest BCUT2D eigenvalue weighted by atomic mass is 9.90. The Morgan fingerprint density at radius 1 is 1.26 bits per heavy atom. The molecule has 0 bridgehead atoms. The van der Waals surface area contributed by atoms with Crippen molar-refractivity contribution in [2.75, 3.05) is 31.1 Å². The molecule has 1 aromatic rings. The number of aliphatic carboxylic acids is 1. The zero-order valence-electron chi connectivity index (χ0n) is 13.4. The van der Waals surface area contributed by atoms with Gasteiger partial charge in [-0.2, -0.15) is 0 Å². The molecule has 124 valence electrons.